The average molecular weight is 481 g/mol. The van der Waals surface area contributed by atoms with Crippen molar-refractivity contribution >= 4 is 29.1 Å². The number of piperidine rings is 1. The molecular formula is C28H40N4O3. The number of amides is 3. The first-order valence-electron chi connectivity index (χ1n) is 13.9. The Morgan fingerprint density at radius 3 is 2.11 bits per heavy atom. The van der Waals surface area contributed by atoms with E-state index in [2.05, 4.69) is 15.1 Å². The van der Waals surface area contributed by atoms with Crippen molar-refractivity contribution in [2.75, 3.05) is 49.5 Å². The van der Waals surface area contributed by atoms with Crippen LogP contribution in [0.15, 0.2) is 18.2 Å². The minimum Gasteiger partial charge on any atom is -0.369 e. The van der Waals surface area contributed by atoms with Gasteiger partial charge in [-0.05, 0) is 69.6 Å². The lowest BCUT2D eigenvalue weighted by molar-refractivity contribution is -0.135. The fourth-order valence-corrected chi connectivity index (χ4v) is 6.05. The van der Waals surface area contributed by atoms with Crippen LogP contribution >= 0.6 is 0 Å². The number of benzene rings is 1. The number of hydrogen-bond donors (Lipinski definition) is 1. The summed E-state index contributed by atoms with van der Waals surface area (Å²) < 4.78 is 0. The number of anilines is 2. The summed E-state index contributed by atoms with van der Waals surface area (Å²) in [5.41, 5.74) is 2.31. The van der Waals surface area contributed by atoms with Crippen LogP contribution in [0.2, 0.25) is 0 Å². The molecule has 2 saturated carbocycles. The van der Waals surface area contributed by atoms with Crippen LogP contribution in [0, 0.1) is 11.8 Å². The monoisotopic (exact) mass is 480 g/mol. The van der Waals surface area contributed by atoms with E-state index in [4.69, 9.17) is 0 Å². The molecule has 0 spiro atoms. The highest BCUT2D eigenvalue weighted by Crippen LogP contribution is 2.31. The molecule has 0 bridgehead atoms. The molecule has 1 N–H and O–H groups in total. The van der Waals surface area contributed by atoms with Crippen molar-refractivity contribution in [3.63, 3.8) is 0 Å². The predicted octanol–water partition coefficient (Wildman–Crippen LogP) is 4.28. The third-order valence-corrected chi connectivity index (χ3v) is 8.47. The first-order valence-corrected chi connectivity index (χ1v) is 13.9. The van der Waals surface area contributed by atoms with Crippen LogP contribution in [-0.4, -0.2) is 66.8 Å². The summed E-state index contributed by atoms with van der Waals surface area (Å²) in [6.07, 6.45) is 11.6. The maximum Gasteiger partial charge on any atom is 0.256 e. The molecule has 0 aromatic heterocycles. The zero-order valence-electron chi connectivity index (χ0n) is 21.0. The van der Waals surface area contributed by atoms with Crippen LogP contribution in [0.5, 0.6) is 0 Å². The van der Waals surface area contributed by atoms with E-state index in [9.17, 15) is 14.4 Å². The molecule has 2 saturated heterocycles. The summed E-state index contributed by atoms with van der Waals surface area (Å²) in [5.74, 6) is 0.753. The van der Waals surface area contributed by atoms with E-state index in [0.717, 1.165) is 89.8 Å². The second kappa shape index (κ2) is 11.0. The molecule has 2 aliphatic carbocycles. The SMILES string of the molecule is O=C(Nc1ccc(N2CCCN(C(=O)C3CCCC3)CC2)c(C(=O)N2CCCCC2)c1)C1CCC1. The summed E-state index contributed by atoms with van der Waals surface area (Å²) in [6, 6.07) is 5.82. The number of rotatable bonds is 5. The zero-order chi connectivity index (χ0) is 24.2. The molecule has 7 nitrogen and oxygen atoms in total. The van der Waals surface area contributed by atoms with Crippen molar-refractivity contribution < 1.29 is 14.4 Å². The maximum absolute atomic E-state index is 13.7. The predicted molar refractivity (Wildman–Crippen MR) is 138 cm³/mol. The number of hydrogen-bond acceptors (Lipinski definition) is 4. The summed E-state index contributed by atoms with van der Waals surface area (Å²) in [6.45, 7) is 4.62. The largest absolute Gasteiger partial charge is 0.369 e. The van der Waals surface area contributed by atoms with Gasteiger partial charge in [-0.15, -0.1) is 0 Å². The Morgan fingerprint density at radius 2 is 1.40 bits per heavy atom. The van der Waals surface area contributed by atoms with E-state index < -0.39 is 0 Å². The van der Waals surface area contributed by atoms with Crippen LogP contribution in [0.4, 0.5) is 11.4 Å². The average Bonchev–Trinajstić information content (AvgIpc) is 3.27. The number of carbonyl (C=O) groups excluding carboxylic acids is 3. The molecule has 2 aliphatic heterocycles. The second-order valence-corrected chi connectivity index (χ2v) is 10.8. The van der Waals surface area contributed by atoms with Gasteiger partial charge in [-0.1, -0.05) is 19.3 Å². The van der Waals surface area contributed by atoms with Gasteiger partial charge < -0.3 is 20.0 Å². The molecule has 1 aromatic carbocycles. The molecule has 0 radical (unpaired) electrons. The van der Waals surface area contributed by atoms with Gasteiger partial charge in [-0.25, -0.2) is 0 Å². The van der Waals surface area contributed by atoms with Crippen LogP contribution in [-0.2, 0) is 9.59 Å². The van der Waals surface area contributed by atoms with Crippen molar-refractivity contribution in [1.82, 2.24) is 9.80 Å². The first kappa shape index (κ1) is 24.1. The molecule has 5 rings (SSSR count). The van der Waals surface area contributed by atoms with Crippen molar-refractivity contribution in [3.8, 4) is 0 Å². The van der Waals surface area contributed by atoms with Crippen LogP contribution in [0.1, 0.15) is 81.0 Å². The van der Waals surface area contributed by atoms with Gasteiger partial charge >= 0.3 is 0 Å². The molecule has 0 unspecified atom stereocenters. The van der Waals surface area contributed by atoms with E-state index >= 15 is 0 Å². The van der Waals surface area contributed by atoms with Gasteiger partial charge in [0, 0.05) is 62.5 Å². The Labute approximate surface area is 209 Å². The highest BCUT2D eigenvalue weighted by Gasteiger charge is 2.30. The summed E-state index contributed by atoms with van der Waals surface area (Å²) in [7, 11) is 0. The van der Waals surface area contributed by atoms with Crippen molar-refractivity contribution in [2.24, 2.45) is 11.8 Å². The zero-order valence-corrected chi connectivity index (χ0v) is 21.0. The van der Waals surface area contributed by atoms with E-state index in [1.807, 2.05) is 23.1 Å². The third-order valence-electron chi connectivity index (χ3n) is 8.47. The van der Waals surface area contributed by atoms with E-state index in [-0.39, 0.29) is 23.7 Å². The molecule has 3 amide bonds. The maximum atomic E-state index is 13.7. The minimum atomic E-state index is 0.0579. The lowest BCUT2D eigenvalue weighted by atomic mass is 9.85. The van der Waals surface area contributed by atoms with Gasteiger partial charge in [0.25, 0.3) is 5.91 Å². The van der Waals surface area contributed by atoms with Gasteiger partial charge in [-0.2, -0.15) is 0 Å². The Kier molecular flexibility index (Phi) is 7.59. The van der Waals surface area contributed by atoms with Gasteiger partial charge in [0.05, 0.1) is 5.56 Å². The Bertz CT molecular complexity index is 932. The minimum absolute atomic E-state index is 0.0579. The Morgan fingerprint density at radius 1 is 0.686 bits per heavy atom. The molecule has 2 heterocycles. The molecule has 1 aromatic rings. The van der Waals surface area contributed by atoms with E-state index in [1.165, 1.54) is 19.3 Å². The molecule has 7 heteroatoms. The second-order valence-electron chi connectivity index (χ2n) is 10.8. The normalized spacial score (nSPS) is 22.0. The van der Waals surface area contributed by atoms with Crippen molar-refractivity contribution in [3.05, 3.63) is 23.8 Å². The topological polar surface area (TPSA) is 73.0 Å². The van der Waals surface area contributed by atoms with E-state index in [0.29, 0.717) is 23.7 Å². The Hall–Kier alpha value is -2.57. The quantitative estimate of drug-likeness (QED) is 0.683. The number of nitrogens with one attached hydrogen (secondary N) is 1. The lowest BCUT2D eigenvalue weighted by Crippen LogP contribution is -2.39. The van der Waals surface area contributed by atoms with Crippen LogP contribution in [0.3, 0.4) is 0 Å². The molecule has 190 valence electrons. The third kappa shape index (κ3) is 5.49. The molecular weight excluding hydrogens is 440 g/mol. The fraction of sp³-hybridized carbons (Fsp3) is 0.679. The van der Waals surface area contributed by atoms with Crippen LogP contribution < -0.4 is 10.2 Å². The lowest BCUT2D eigenvalue weighted by Gasteiger charge is -2.31. The smallest absolute Gasteiger partial charge is 0.256 e. The molecule has 4 fully saturated rings. The highest BCUT2D eigenvalue weighted by molar-refractivity contribution is 6.02. The van der Waals surface area contributed by atoms with Gasteiger partial charge in [-0.3, -0.25) is 14.4 Å². The number of carbonyl (C=O) groups is 3. The summed E-state index contributed by atoms with van der Waals surface area (Å²) >= 11 is 0. The molecule has 4 aliphatic rings. The van der Waals surface area contributed by atoms with Gasteiger partial charge in [0.1, 0.15) is 0 Å². The van der Waals surface area contributed by atoms with Crippen molar-refractivity contribution in [2.45, 2.75) is 70.6 Å². The number of likely N-dealkylation sites (tertiary alicyclic amines) is 1. The molecule has 0 atom stereocenters. The van der Waals surface area contributed by atoms with Crippen LogP contribution in [0.25, 0.3) is 0 Å². The van der Waals surface area contributed by atoms with Gasteiger partial charge in [0.2, 0.25) is 11.8 Å². The van der Waals surface area contributed by atoms with E-state index in [1.54, 1.807) is 0 Å². The summed E-state index contributed by atoms with van der Waals surface area (Å²) in [4.78, 5) is 45.5. The molecule has 35 heavy (non-hydrogen) atoms. The highest BCUT2D eigenvalue weighted by atomic mass is 16.2. The fourth-order valence-electron chi connectivity index (χ4n) is 6.05. The Balaban J connectivity index is 1.34. The summed E-state index contributed by atoms with van der Waals surface area (Å²) in [5, 5.41) is 3.06. The van der Waals surface area contributed by atoms with Gasteiger partial charge in [0.15, 0.2) is 0 Å². The number of nitrogens with zero attached hydrogens (tertiary/aromatic N) is 3. The standard InChI is InChI=1S/C28H40N4O3/c33-26(21-10-6-11-21)29-23-12-13-25(24(20-23)28(35)31-14-4-1-5-15-31)30-16-7-17-32(19-18-30)27(34)22-8-2-3-9-22/h12-13,20-22H,1-11,14-19H2,(H,29,33). The van der Waals surface area contributed by atoms with Crippen molar-refractivity contribution in [1.29, 1.82) is 0 Å². The first-order chi connectivity index (χ1) is 17.1.